The van der Waals surface area contributed by atoms with Gasteiger partial charge in [-0.25, -0.2) is 0 Å². The standard InChI is InChI=1S/C22H29NO4/c1-16(27-20-7-5-6-17(14-20)15-24)21(25)23-12-13-26-19-10-8-18(9-11-19)22(2,3)4/h5-11,14,16,24H,12-13,15H2,1-4H3,(H,23,25)/t16-/m1/s1. The van der Waals surface area contributed by atoms with Gasteiger partial charge in [0.15, 0.2) is 6.10 Å². The van der Waals surface area contributed by atoms with Crippen molar-refractivity contribution in [1.82, 2.24) is 5.32 Å². The van der Waals surface area contributed by atoms with E-state index in [0.29, 0.717) is 18.9 Å². The van der Waals surface area contributed by atoms with Gasteiger partial charge in [-0.15, -0.1) is 0 Å². The summed E-state index contributed by atoms with van der Waals surface area (Å²) in [6.45, 7) is 8.90. The molecule has 0 heterocycles. The first-order chi connectivity index (χ1) is 12.8. The van der Waals surface area contributed by atoms with Crippen molar-refractivity contribution in [1.29, 1.82) is 0 Å². The Morgan fingerprint density at radius 3 is 2.44 bits per heavy atom. The van der Waals surface area contributed by atoms with Crippen molar-refractivity contribution in [3.63, 3.8) is 0 Å². The number of carbonyl (C=O) groups excluding carboxylic acids is 1. The molecule has 0 radical (unpaired) electrons. The Kier molecular flexibility index (Phi) is 7.25. The fourth-order valence-corrected chi connectivity index (χ4v) is 2.51. The highest BCUT2D eigenvalue weighted by atomic mass is 16.5. The summed E-state index contributed by atoms with van der Waals surface area (Å²) < 4.78 is 11.3. The van der Waals surface area contributed by atoms with Crippen LogP contribution in [0.2, 0.25) is 0 Å². The number of nitrogens with one attached hydrogen (secondary N) is 1. The fourth-order valence-electron chi connectivity index (χ4n) is 2.51. The van der Waals surface area contributed by atoms with Gasteiger partial charge >= 0.3 is 0 Å². The molecule has 0 aromatic heterocycles. The van der Waals surface area contributed by atoms with E-state index < -0.39 is 6.10 Å². The van der Waals surface area contributed by atoms with Crippen LogP contribution in [0.15, 0.2) is 48.5 Å². The topological polar surface area (TPSA) is 67.8 Å². The lowest BCUT2D eigenvalue weighted by atomic mass is 9.87. The van der Waals surface area contributed by atoms with E-state index in [9.17, 15) is 4.79 Å². The molecule has 0 saturated carbocycles. The van der Waals surface area contributed by atoms with E-state index in [1.165, 1.54) is 5.56 Å². The van der Waals surface area contributed by atoms with Gasteiger partial charge in [0, 0.05) is 0 Å². The number of hydrogen-bond acceptors (Lipinski definition) is 4. The summed E-state index contributed by atoms with van der Waals surface area (Å²) in [5.74, 6) is 1.12. The zero-order valence-corrected chi connectivity index (χ0v) is 16.5. The fraction of sp³-hybridized carbons (Fsp3) is 0.409. The number of aliphatic hydroxyl groups is 1. The largest absolute Gasteiger partial charge is 0.492 e. The van der Waals surface area contributed by atoms with Gasteiger partial charge < -0.3 is 19.9 Å². The molecule has 5 heteroatoms. The predicted octanol–water partition coefficient (Wildman–Crippen LogP) is 3.44. The van der Waals surface area contributed by atoms with Crippen LogP contribution in [-0.4, -0.2) is 30.3 Å². The van der Waals surface area contributed by atoms with Crippen LogP contribution >= 0.6 is 0 Å². The van der Waals surface area contributed by atoms with Crippen LogP contribution < -0.4 is 14.8 Å². The second-order valence-corrected chi connectivity index (χ2v) is 7.48. The van der Waals surface area contributed by atoms with E-state index in [4.69, 9.17) is 14.6 Å². The average Bonchev–Trinajstić information content (AvgIpc) is 2.64. The van der Waals surface area contributed by atoms with Crippen molar-refractivity contribution < 1.29 is 19.4 Å². The van der Waals surface area contributed by atoms with Gasteiger partial charge in [-0.1, -0.05) is 45.0 Å². The van der Waals surface area contributed by atoms with Crippen LogP contribution in [0.5, 0.6) is 11.5 Å². The first kappa shape index (κ1) is 20.8. The quantitative estimate of drug-likeness (QED) is 0.698. The minimum Gasteiger partial charge on any atom is -0.492 e. The van der Waals surface area contributed by atoms with Gasteiger partial charge in [0.2, 0.25) is 0 Å². The maximum atomic E-state index is 12.1. The summed E-state index contributed by atoms with van der Waals surface area (Å²) in [6, 6.07) is 15.1. The zero-order valence-electron chi connectivity index (χ0n) is 16.5. The molecule has 27 heavy (non-hydrogen) atoms. The Morgan fingerprint density at radius 2 is 1.81 bits per heavy atom. The molecule has 0 aliphatic carbocycles. The summed E-state index contributed by atoms with van der Waals surface area (Å²) >= 11 is 0. The molecular weight excluding hydrogens is 342 g/mol. The highest BCUT2D eigenvalue weighted by Crippen LogP contribution is 2.24. The van der Waals surface area contributed by atoms with E-state index in [2.05, 4.69) is 38.2 Å². The van der Waals surface area contributed by atoms with Gasteiger partial charge in [0.25, 0.3) is 5.91 Å². The van der Waals surface area contributed by atoms with E-state index in [0.717, 1.165) is 11.3 Å². The van der Waals surface area contributed by atoms with Crippen LogP contribution in [0.1, 0.15) is 38.8 Å². The van der Waals surface area contributed by atoms with Gasteiger partial charge in [-0.3, -0.25) is 4.79 Å². The maximum absolute atomic E-state index is 12.1. The van der Waals surface area contributed by atoms with Gasteiger partial charge in [0.1, 0.15) is 18.1 Å². The molecule has 1 atom stereocenters. The van der Waals surface area contributed by atoms with Crippen molar-refractivity contribution in [3.05, 3.63) is 59.7 Å². The summed E-state index contributed by atoms with van der Waals surface area (Å²) in [4.78, 5) is 12.1. The Balaban J connectivity index is 1.73. The smallest absolute Gasteiger partial charge is 0.260 e. The molecule has 0 aliphatic heterocycles. The number of aliphatic hydroxyl groups excluding tert-OH is 1. The molecule has 2 aromatic carbocycles. The Labute approximate surface area is 161 Å². The predicted molar refractivity (Wildman–Crippen MR) is 106 cm³/mol. The number of ether oxygens (including phenoxy) is 2. The van der Waals surface area contributed by atoms with Crippen LogP contribution in [0.4, 0.5) is 0 Å². The lowest BCUT2D eigenvalue weighted by Gasteiger charge is -2.19. The van der Waals surface area contributed by atoms with E-state index >= 15 is 0 Å². The summed E-state index contributed by atoms with van der Waals surface area (Å²) in [7, 11) is 0. The summed E-state index contributed by atoms with van der Waals surface area (Å²) in [5, 5.41) is 11.9. The SMILES string of the molecule is C[C@@H](Oc1cccc(CO)c1)C(=O)NCCOc1ccc(C(C)(C)C)cc1. The van der Waals surface area contributed by atoms with Crippen molar-refractivity contribution in [3.8, 4) is 11.5 Å². The summed E-state index contributed by atoms with van der Waals surface area (Å²) in [6.07, 6.45) is -0.634. The molecule has 0 aliphatic rings. The molecule has 2 N–H and O–H groups in total. The van der Waals surface area contributed by atoms with Crippen molar-refractivity contribution in [2.45, 2.75) is 45.8 Å². The minimum absolute atomic E-state index is 0.0636. The third-order valence-electron chi connectivity index (χ3n) is 4.15. The van der Waals surface area contributed by atoms with Crippen molar-refractivity contribution >= 4 is 5.91 Å². The number of rotatable bonds is 8. The molecule has 0 fully saturated rings. The second-order valence-electron chi connectivity index (χ2n) is 7.48. The van der Waals surface area contributed by atoms with Crippen LogP contribution in [0.3, 0.4) is 0 Å². The second kappa shape index (κ2) is 9.42. The first-order valence-electron chi connectivity index (χ1n) is 9.17. The van der Waals surface area contributed by atoms with Crippen molar-refractivity contribution in [2.75, 3.05) is 13.2 Å². The average molecular weight is 371 g/mol. The first-order valence-corrected chi connectivity index (χ1v) is 9.17. The normalized spacial score (nSPS) is 12.3. The highest BCUT2D eigenvalue weighted by molar-refractivity contribution is 5.80. The summed E-state index contributed by atoms with van der Waals surface area (Å²) in [5.41, 5.74) is 2.10. The van der Waals surface area contributed by atoms with Crippen LogP contribution in [0.25, 0.3) is 0 Å². The van der Waals surface area contributed by atoms with Crippen LogP contribution in [-0.2, 0) is 16.8 Å². The lowest BCUT2D eigenvalue weighted by molar-refractivity contribution is -0.127. The Bertz CT molecular complexity index is 735. The molecule has 0 bridgehead atoms. The molecule has 0 spiro atoms. The van der Waals surface area contributed by atoms with Crippen molar-refractivity contribution in [2.24, 2.45) is 0 Å². The van der Waals surface area contributed by atoms with E-state index in [-0.39, 0.29) is 17.9 Å². The zero-order chi connectivity index (χ0) is 19.9. The monoisotopic (exact) mass is 371 g/mol. The lowest BCUT2D eigenvalue weighted by Crippen LogP contribution is -2.38. The van der Waals surface area contributed by atoms with Gasteiger partial charge in [-0.2, -0.15) is 0 Å². The molecule has 0 saturated heterocycles. The molecular formula is C22H29NO4. The minimum atomic E-state index is -0.634. The van der Waals surface area contributed by atoms with Crippen LogP contribution in [0, 0.1) is 0 Å². The molecule has 5 nitrogen and oxygen atoms in total. The van der Waals surface area contributed by atoms with Gasteiger partial charge in [0.05, 0.1) is 13.2 Å². The highest BCUT2D eigenvalue weighted by Gasteiger charge is 2.15. The Morgan fingerprint density at radius 1 is 1.11 bits per heavy atom. The Hall–Kier alpha value is -2.53. The molecule has 2 aromatic rings. The van der Waals surface area contributed by atoms with E-state index in [1.54, 1.807) is 31.2 Å². The number of carbonyl (C=O) groups is 1. The van der Waals surface area contributed by atoms with Gasteiger partial charge in [-0.05, 0) is 47.7 Å². The number of benzene rings is 2. The molecule has 146 valence electrons. The number of amides is 1. The maximum Gasteiger partial charge on any atom is 0.260 e. The third-order valence-corrected chi connectivity index (χ3v) is 4.15. The van der Waals surface area contributed by atoms with E-state index in [1.807, 2.05) is 12.1 Å². The molecule has 0 unspecified atom stereocenters. The third kappa shape index (κ3) is 6.61. The molecule has 1 amide bonds. The molecule has 2 rings (SSSR count). The number of hydrogen-bond donors (Lipinski definition) is 2.